The van der Waals surface area contributed by atoms with Gasteiger partial charge >= 0.3 is 5.97 Å². The lowest BCUT2D eigenvalue weighted by atomic mass is 10.2. The zero-order valence-corrected chi connectivity index (χ0v) is 10.6. The van der Waals surface area contributed by atoms with Crippen molar-refractivity contribution >= 4 is 17.6 Å². The minimum atomic E-state index is -1.17. The van der Waals surface area contributed by atoms with E-state index in [1.54, 1.807) is 7.11 Å². The Morgan fingerprint density at radius 1 is 1.37 bits per heavy atom. The molecule has 0 bridgehead atoms. The molecule has 0 aromatic heterocycles. The van der Waals surface area contributed by atoms with Crippen molar-refractivity contribution in [3.05, 3.63) is 29.6 Å². The van der Waals surface area contributed by atoms with Crippen LogP contribution in [0.25, 0.3) is 0 Å². The van der Waals surface area contributed by atoms with Crippen LogP contribution in [0.3, 0.4) is 0 Å². The Hall–Kier alpha value is -1.95. The highest BCUT2D eigenvalue weighted by Crippen LogP contribution is 2.16. The first-order valence-electron chi connectivity index (χ1n) is 5.86. The third-order valence-corrected chi connectivity index (χ3v) is 2.49. The minimum absolute atomic E-state index is 0.0731. The van der Waals surface area contributed by atoms with Crippen molar-refractivity contribution in [3.63, 3.8) is 0 Å². The van der Waals surface area contributed by atoms with Crippen LogP contribution in [0.2, 0.25) is 0 Å². The molecular formula is C13H16FNO4. The second-order valence-electron chi connectivity index (χ2n) is 4.00. The number of ether oxygens (including phenoxy) is 1. The normalized spacial score (nSPS) is 10.2. The number of hydrogen-bond acceptors (Lipinski definition) is 3. The second-order valence-corrected chi connectivity index (χ2v) is 4.00. The van der Waals surface area contributed by atoms with Gasteiger partial charge in [0.25, 0.3) is 0 Å². The van der Waals surface area contributed by atoms with Crippen molar-refractivity contribution in [1.82, 2.24) is 0 Å². The maximum absolute atomic E-state index is 13.4. The van der Waals surface area contributed by atoms with Crippen molar-refractivity contribution in [2.45, 2.75) is 19.3 Å². The largest absolute Gasteiger partial charge is 0.478 e. The lowest BCUT2D eigenvalue weighted by molar-refractivity contribution is -0.116. The van der Waals surface area contributed by atoms with E-state index in [1.807, 2.05) is 0 Å². The molecule has 1 rings (SSSR count). The van der Waals surface area contributed by atoms with E-state index in [0.717, 1.165) is 24.6 Å². The number of carbonyl (C=O) groups is 2. The van der Waals surface area contributed by atoms with Gasteiger partial charge in [0.2, 0.25) is 5.91 Å². The van der Waals surface area contributed by atoms with Gasteiger partial charge in [0.15, 0.2) is 0 Å². The van der Waals surface area contributed by atoms with Crippen molar-refractivity contribution < 1.29 is 23.8 Å². The Balaban J connectivity index is 2.58. The fourth-order valence-electron chi connectivity index (χ4n) is 1.50. The molecule has 0 fully saturated rings. The number of carbonyl (C=O) groups excluding carboxylic acids is 1. The standard InChI is InChI=1S/C13H16FNO4/c1-19-7-3-2-4-12(16)15-11-8-9(13(17)18)5-6-10(11)14/h5-6,8H,2-4,7H2,1H3,(H,15,16)(H,17,18). The molecule has 0 saturated heterocycles. The van der Waals surface area contributed by atoms with Crippen LogP contribution in [0.15, 0.2) is 18.2 Å². The van der Waals surface area contributed by atoms with Gasteiger partial charge in [-0.3, -0.25) is 4.79 Å². The summed E-state index contributed by atoms with van der Waals surface area (Å²) in [6.45, 7) is 0.566. The summed E-state index contributed by atoms with van der Waals surface area (Å²) >= 11 is 0. The zero-order chi connectivity index (χ0) is 14.3. The predicted molar refractivity (Wildman–Crippen MR) is 67.7 cm³/mol. The summed E-state index contributed by atoms with van der Waals surface area (Å²) < 4.78 is 18.3. The molecule has 1 aromatic carbocycles. The van der Waals surface area contributed by atoms with E-state index >= 15 is 0 Å². The number of benzene rings is 1. The molecule has 0 aliphatic heterocycles. The summed E-state index contributed by atoms with van der Waals surface area (Å²) in [5, 5.41) is 11.2. The number of carboxylic acids is 1. The fourth-order valence-corrected chi connectivity index (χ4v) is 1.50. The number of anilines is 1. The average molecular weight is 269 g/mol. The average Bonchev–Trinajstić information content (AvgIpc) is 2.37. The topological polar surface area (TPSA) is 75.6 Å². The van der Waals surface area contributed by atoms with E-state index in [1.165, 1.54) is 0 Å². The monoisotopic (exact) mass is 269 g/mol. The first kappa shape index (κ1) is 15.1. The molecule has 0 unspecified atom stereocenters. The lowest BCUT2D eigenvalue weighted by Gasteiger charge is -2.07. The quantitative estimate of drug-likeness (QED) is 0.744. The molecule has 0 aliphatic rings. The third-order valence-electron chi connectivity index (χ3n) is 2.49. The number of carboxylic acid groups (broad SMARTS) is 1. The van der Waals surface area contributed by atoms with Gasteiger partial charge in [-0.25, -0.2) is 9.18 Å². The molecule has 5 nitrogen and oxygen atoms in total. The van der Waals surface area contributed by atoms with Crippen LogP contribution in [-0.2, 0) is 9.53 Å². The van der Waals surface area contributed by atoms with Crippen LogP contribution in [0.1, 0.15) is 29.6 Å². The Morgan fingerprint density at radius 3 is 2.74 bits per heavy atom. The molecule has 0 spiro atoms. The van der Waals surface area contributed by atoms with E-state index < -0.39 is 11.8 Å². The lowest BCUT2D eigenvalue weighted by Crippen LogP contribution is -2.13. The molecule has 1 amide bonds. The molecule has 0 heterocycles. The number of hydrogen-bond donors (Lipinski definition) is 2. The molecule has 19 heavy (non-hydrogen) atoms. The molecule has 1 aromatic rings. The summed E-state index contributed by atoms with van der Waals surface area (Å²) in [5.41, 5.74) is -0.187. The van der Waals surface area contributed by atoms with Crippen LogP contribution in [0.4, 0.5) is 10.1 Å². The van der Waals surface area contributed by atoms with Crippen molar-refractivity contribution in [3.8, 4) is 0 Å². The van der Waals surface area contributed by atoms with Crippen molar-refractivity contribution in [2.75, 3.05) is 19.0 Å². The Bertz CT molecular complexity index is 462. The third kappa shape index (κ3) is 5.05. The number of halogens is 1. The van der Waals surface area contributed by atoms with Gasteiger partial charge in [-0.05, 0) is 31.0 Å². The van der Waals surface area contributed by atoms with Crippen molar-refractivity contribution in [2.24, 2.45) is 0 Å². The highest BCUT2D eigenvalue weighted by Gasteiger charge is 2.10. The predicted octanol–water partition coefficient (Wildman–Crippen LogP) is 2.28. The first-order chi connectivity index (χ1) is 9.04. The van der Waals surface area contributed by atoms with Crippen LogP contribution < -0.4 is 5.32 Å². The van der Waals surface area contributed by atoms with E-state index in [-0.39, 0.29) is 23.6 Å². The van der Waals surface area contributed by atoms with Gasteiger partial charge in [0.1, 0.15) is 5.82 Å². The van der Waals surface area contributed by atoms with Gasteiger partial charge in [-0.15, -0.1) is 0 Å². The van der Waals surface area contributed by atoms with Crippen LogP contribution in [0, 0.1) is 5.82 Å². The van der Waals surface area contributed by atoms with Gasteiger partial charge in [0.05, 0.1) is 11.3 Å². The zero-order valence-electron chi connectivity index (χ0n) is 10.6. The number of aromatic carboxylic acids is 1. The molecule has 0 saturated carbocycles. The summed E-state index contributed by atoms with van der Waals surface area (Å²) in [6, 6.07) is 3.26. The van der Waals surface area contributed by atoms with Crippen LogP contribution >= 0.6 is 0 Å². The highest BCUT2D eigenvalue weighted by molar-refractivity contribution is 5.94. The first-order valence-corrected chi connectivity index (χ1v) is 5.86. The number of unbranched alkanes of at least 4 members (excludes halogenated alkanes) is 1. The van der Waals surface area contributed by atoms with Gasteiger partial charge in [-0.1, -0.05) is 0 Å². The van der Waals surface area contributed by atoms with E-state index in [2.05, 4.69) is 5.32 Å². The second kappa shape index (κ2) is 7.48. The Morgan fingerprint density at radius 2 is 2.11 bits per heavy atom. The Labute approximate surface area is 110 Å². The maximum Gasteiger partial charge on any atom is 0.335 e. The SMILES string of the molecule is COCCCCC(=O)Nc1cc(C(=O)O)ccc1F. The van der Waals surface area contributed by atoms with E-state index in [0.29, 0.717) is 13.0 Å². The number of methoxy groups -OCH3 is 1. The van der Waals surface area contributed by atoms with Crippen LogP contribution in [-0.4, -0.2) is 30.7 Å². The number of nitrogens with one attached hydrogen (secondary N) is 1. The number of rotatable bonds is 7. The minimum Gasteiger partial charge on any atom is -0.478 e. The van der Waals surface area contributed by atoms with E-state index in [9.17, 15) is 14.0 Å². The fraction of sp³-hybridized carbons (Fsp3) is 0.385. The summed E-state index contributed by atoms with van der Waals surface area (Å²) in [7, 11) is 1.58. The number of amides is 1. The highest BCUT2D eigenvalue weighted by atomic mass is 19.1. The van der Waals surface area contributed by atoms with E-state index in [4.69, 9.17) is 9.84 Å². The molecule has 104 valence electrons. The Kier molecular flexibility index (Phi) is 5.95. The van der Waals surface area contributed by atoms with Gasteiger partial charge in [0, 0.05) is 20.1 Å². The van der Waals surface area contributed by atoms with Gasteiger partial charge in [-0.2, -0.15) is 0 Å². The summed E-state index contributed by atoms with van der Waals surface area (Å²) in [5.74, 6) is -2.18. The molecule has 0 atom stereocenters. The summed E-state index contributed by atoms with van der Waals surface area (Å²) in [6.07, 6.45) is 1.60. The summed E-state index contributed by atoms with van der Waals surface area (Å²) in [4.78, 5) is 22.3. The molecular weight excluding hydrogens is 253 g/mol. The molecule has 0 radical (unpaired) electrons. The smallest absolute Gasteiger partial charge is 0.335 e. The van der Waals surface area contributed by atoms with Crippen LogP contribution in [0.5, 0.6) is 0 Å². The van der Waals surface area contributed by atoms with Crippen molar-refractivity contribution in [1.29, 1.82) is 0 Å². The molecule has 2 N–H and O–H groups in total. The molecule has 0 aliphatic carbocycles. The molecule has 6 heteroatoms. The maximum atomic E-state index is 13.4. The van der Waals surface area contributed by atoms with Gasteiger partial charge < -0.3 is 15.2 Å².